The van der Waals surface area contributed by atoms with Crippen molar-refractivity contribution in [3.8, 4) is 0 Å². The molecule has 2 rings (SSSR count). The lowest BCUT2D eigenvalue weighted by Gasteiger charge is -2.19. The Morgan fingerprint density at radius 3 is 2.20 bits per heavy atom. The van der Waals surface area contributed by atoms with Crippen LogP contribution in [0, 0.1) is 0 Å². The molecule has 0 aliphatic heterocycles. The molecule has 0 aliphatic carbocycles. The highest BCUT2D eigenvalue weighted by Crippen LogP contribution is 2.36. The SMILES string of the molecule is CP(=O)(O)OCC(Cc1ccccc1)NC(=O)OCc1ccccc1. The van der Waals surface area contributed by atoms with Gasteiger partial charge in [0.1, 0.15) is 6.61 Å². The molecule has 0 saturated carbocycles. The van der Waals surface area contributed by atoms with Gasteiger partial charge >= 0.3 is 13.7 Å². The second kappa shape index (κ2) is 9.37. The summed E-state index contributed by atoms with van der Waals surface area (Å²) in [5.41, 5.74) is 1.85. The Balaban J connectivity index is 1.91. The predicted molar refractivity (Wildman–Crippen MR) is 95.4 cm³/mol. The molecule has 2 aromatic carbocycles. The number of benzene rings is 2. The minimum Gasteiger partial charge on any atom is -0.445 e. The monoisotopic (exact) mass is 363 g/mol. The number of hydrogen-bond donors (Lipinski definition) is 2. The van der Waals surface area contributed by atoms with Crippen molar-refractivity contribution in [2.24, 2.45) is 0 Å². The number of carbonyl (C=O) groups excluding carboxylic acids is 1. The van der Waals surface area contributed by atoms with Crippen molar-refractivity contribution in [1.82, 2.24) is 5.32 Å². The zero-order chi connectivity index (χ0) is 18.1. The van der Waals surface area contributed by atoms with Gasteiger partial charge in [0.25, 0.3) is 0 Å². The molecule has 2 atom stereocenters. The third kappa shape index (κ3) is 7.98. The summed E-state index contributed by atoms with van der Waals surface area (Å²) in [6.45, 7) is 1.18. The van der Waals surface area contributed by atoms with Crippen LogP contribution in [0.25, 0.3) is 0 Å². The first-order chi connectivity index (χ1) is 11.9. The van der Waals surface area contributed by atoms with Gasteiger partial charge in [0.15, 0.2) is 0 Å². The highest BCUT2D eigenvalue weighted by Gasteiger charge is 2.19. The zero-order valence-corrected chi connectivity index (χ0v) is 14.9. The fraction of sp³-hybridized carbons (Fsp3) is 0.278. The fourth-order valence-electron chi connectivity index (χ4n) is 2.21. The van der Waals surface area contributed by atoms with Gasteiger partial charge in [-0.05, 0) is 17.5 Å². The molecule has 2 unspecified atom stereocenters. The topological polar surface area (TPSA) is 84.9 Å². The normalized spacial score (nSPS) is 14.3. The minimum atomic E-state index is -3.62. The van der Waals surface area contributed by atoms with Gasteiger partial charge in [-0.15, -0.1) is 0 Å². The van der Waals surface area contributed by atoms with E-state index >= 15 is 0 Å². The molecule has 1 amide bonds. The van der Waals surface area contributed by atoms with Crippen molar-refractivity contribution in [2.45, 2.75) is 19.1 Å². The molecule has 0 bridgehead atoms. The van der Waals surface area contributed by atoms with Crippen molar-refractivity contribution >= 4 is 13.7 Å². The number of nitrogens with one attached hydrogen (secondary N) is 1. The standard InChI is InChI=1S/C18H22NO5P/c1-25(21,22)24-14-17(12-15-8-4-2-5-9-15)19-18(20)23-13-16-10-6-3-7-11-16/h2-11,17H,12-14H2,1H3,(H,19,20)(H,21,22). The second-order valence-corrected chi connectivity index (χ2v) is 7.56. The fourth-order valence-corrected chi connectivity index (χ4v) is 2.67. The van der Waals surface area contributed by atoms with Crippen LogP contribution in [0.15, 0.2) is 60.7 Å². The third-order valence-electron chi connectivity index (χ3n) is 3.37. The molecule has 0 fully saturated rings. The molecule has 2 aromatic rings. The molecule has 0 saturated heterocycles. The van der Waals surface area contributed by atoms with Crippen LogP contribution in [-0.4, -0.2) is 30.3 Å². The Hall–Kier alpha value is -2.14. The Morgan fingerprint density at radius 2 is 1.64 bits per heavy atom. The summed E-state index contributed by atoms with van der Waals surface area (Å²) < 4.78 is 21.5. The highest BCUT2D eigenvalue weighted by atomic mass is 31.2. The summed E-state index contributed by atoms with van der Waals surface area (Å²) in [6, 6.07) is 18.3. The van der Waals surface area contributed by atoms with Crippen molar-refractivity contribution < 1.29 is 23.5 Å². The first-order valence-electron chi connectivity index (χ1n) is 7.88. The summed E-state index contributed by atoms with van der Waals surface area (Å²) >= 11 is 0. The van der Waals surface area contributed by atoms with E-state index in [0.29, 0.717) is 6.42 Å². The summed E-state index contributed by atoms with van der Waals surface area (Å²) in [5.74, 6) is 0. The molecule has 7 heteroatoms. The van der Waals surface area contributed by atoms with Gasteiger partial charge in [-0.2, -0.15) is 0 Å². The van der Waals surface area contributed by atoms with Crippen molar-refractivity contribution in [2.75, 3.05) is 13.3 Å². The summed E-state index contributed by atoms with van der Waals surface area (Å²) in [4.78, 5) is 21.3. The number of rotatable bonds is 8. The van der Waals surface area contributed by atoms with E-state index in [2.05, 4.69) is 5.32 Å². The van der Waals surface area contributed by atoms with Crippen LogP contribution >= 0.6 is 7.60 Å². The van der Waals surface area contributed by atoms with Crippen LogP contribution < -0.4 is 5.32 Å². The zero-order valence-electron chi connectivity index (χ0n) is 14.0. The van der Waals surface area contributed by atoms with Gasteiger partial charge in [0.05, 0.1) is 12.6 Å². The molecule has 2 N–H and O–H groups in total. The third-order valence-corrected chi connectivity index (χ3v) is 4.00. The van der Waals surface area contributed by atoms with Crippen molar-refractivity contribution in [3.63, 3.8) is 0 Å². The molecule has 25 heavy (non-hydrogen) atoms. The van der Waals surface area contributed by atoms with Gasteiger partial charge in [-0.3, -0.25) is 4.57 Å². The molecular weight excluding hydrogens is 341 g/mol. The number of hydrogen-bond acceptors (Lipinski definition) is 4. The average molecular weight is 363 g/mol. The Morgan fingerprint density at radius 1 is 1.08 bits per heavy atom. The molecule has 0 spiro atoms. The van der Waals surface area contributed by atoms with Gasteiger partial charge in [0, 0.05) is 6.66 Å². The number of carbonyl (C=O) groups is 1. The lowest BCUT2D eigenvalue weighted by atomic mass is 10.1. The Bertz CT molecular complexity index is 702. The van der Waals surface area contributed by atoms with E-state index in [9.17, 15) is 14.3 Å². The van der Waals surface area contributed by atoms with Crippen LogP contribution in [0.4, 0.5) is 4.79 Å². The molecule has 0 aliphatic rings. The molecular formula is C18H22NO5P. The number of alkyl carbamates (subject to hydrolysis) is 1. The largest absolute Gasteiger partial charge is 0.445 e. The van der Waals surface area contributed by atoms with E-state index in [-0.39, 0.29) is 13.2 Å². The predicted octanol–water partition coefficient (Wildman–Crippen LogP) is 3.36. The van der Waals surface area contributed by atoms with Gasteiger partial charge in [0.2, 0.25) is 0 Å². The van der Waals surface area contributed by atoms with Crippen molar-refractivity contribution in [1.29, 1.82) is 0 Å². The minimum absolute atomic E-state index is 0.0837. The maximum atomic E-state index is 12.0. The Kier molecular flexibility index (Phi) is 7.19. The van der Waals surface area contributed by atoms with E-state index in [1.807, 2.05) is 60.7 Å². The van der Waals surface area contributed by atoms with Crippen molar-refractivity contribution in [3.05, 3.63) is 71.8 Å². The van der Waals surface area contributed by atoms with Crippen LogP contribution in [0.1, 0.15) is 11.1 Å². The average Bonchev–Trinajstić information content (AvgIpc) is 2.59. The molecule has 0 radical (unpaired) electrons. The maximum Gasteiger partial charge on any atom is 0.407 e. The second-order valence-electron chi connectivity index (χ2n) is 5.69. The van der Waals surface area contributed by atoms with E-state index in [1.165, 1.54) is 0 Å². The van der Waals surface area contributed by atoms with E-state index in [1.54, 1.807) is 0 Å². The van der Waals surface area contributed by atoms with E-state index in [4.69, 9.17) is 9.26 Å². The smallest absolute Gasteiger partial charge is 0.407 e. The maximum absolute atomic E-state index is 12.0. The Labute approximate surface area is 147 Å². The molecule has 0 heterocycles. The van der Waals surface area contributed by atoms with Crippen LogP contribution in [0.2, 0.25) is 0 Å². The van der Waals surface area contributed by atoms with Gasteiger partial charge < -0.3 is 19.5 Å². The van der Waals surface area contributed by atoms with E-state index in [0.717, 1.165) is 17.8 Å². The summed E-state index contributed by atoms with van der Waals surface area (Å²) in [5, 5.41) is 2.69. The van der Waals surface area contributed by atoms with Crippen LogP contribution in [0.3, 0.4) is 0 Å². The number of ether oxygens (including phenoxy) is 1. The lowest BCUT2D eigenvalue weighted by molar-refractivity contribution is 0.129. The van der Waals surface area contributed by atoms with Crippen LogP contribution in [-0.2, 0) is 26.9 Å². The molecule has 0 aromatic heterocycles. The lowest BCUT2D eigenvalue weighted by Crippen LogP contribution is -2.39. The summed E-state index contributed by atoms with van der Waals surface area (Å²) in [7, 11) is -3.62. The first kappa shape index (κ1) is 19.2. The van der Waals surface area contributed by atoms with Crippen LogP contribution in [0.5, 0.6) is 0 Å². The van der Waals surface area contributed by atoms with Gasteiger partial charge in [-0.25, -0.2) is 4.79 Å². The summed E-state index contributed by atoms with van der Waals surface area (Å²) in [6.07, 6.45) is -0.140. The molecule has 134 valence electrons. The first-order valence-corrected chi connectivity index (χ1v) is 9.91. The number of amides is 1. The molecule has 6 nitrogen and oxygen atoms in total. The van der Waals surface area contributed by atoms with Gasteiger partial charge in [-0.1, -0.05) is 60.7 Å². The van der Waals surface area contributed by atoms with E-state index < -0.39 is 19.7 Å². The highest BCUT2D eigenvalue weighted by molar-refractivity contribution is 7.51. The quantitative estimate of drug-likeness (QED) is 0.703.